The highest BCUT2D eigenvalue weighted by Crippen LogP contribution is 2.31. The van der Waals surface area contributed by atoms with E-state index in [1.165, 1.54) is 30.3 Å². The van der Waals surface area contributed by atoms with Gasteiger partial charge in [-0.3, -0.25) is 0 Å². The van der Waals surface area contributed by atoms with Gasteiger partial charge in [-0.05, 0) is 60.5 Å². The fourth-order valence-corrected chi connectivity index (χ4v) is 5.21. The van der Waals surface area contributed by atoms with E-state index in [2.05, 4.69) is 9.97 Å². The summed E-state index contributed by atoms with van der Waals surface area (Å²) in [5.41, 5.74) is 2.07. The summed E-state index contributed by atoms with van der Waals surface area (Å²) < 4.78 is 57.8. The number of hydrogen-bond acceptors (Lipinski definition) is 6. The molecule has 2 aromatic heterocycles. The van der Waals surface area contributed by atoms with Crippen LogP contribution < -0.4 is 4.74 Å². The summed E-state index contributed by atoms with van der Waals surface area (Å²) in [6, 6.07) is 15.3. The Hall–Kier alpha value is -4.74. The second kappa shape index (κ2) is 11.5. The fraction of sp³-hybridized carbons (Fsp3) is 0.219. The second-order valence-corrected chi connectivity index (χ2v) is 10.4. The van der Waals surface area contributed by atoms with Gasteiger partial charge in [0.25, 0.3) is 0 Å². The van der Waals surface area contributed by atoms with Crippen LogP contribution in [0.2, 0.25) is 0 Å². The highest BCUT2D eigenvalue weighted by molar-refractivity contribution is 5.92. The Labute approximate surface area is 244 Å². The summed E-state index contributed by atoms with van der Waals surface area (Å²) in [7, 11) is 0. The highest BCUT2D eigenvalue weighted by atomic mass is 19.1. The van der Waals surface area contributed by atoms with Crippen LogP contribution in [-0.2, 0) is 17.8 Å². The number of rotatable bonds is 8. The minimum Gasteiger partial charge on any atom is -0.478 e. The van der Waals surface area contributed by atoms with Crippen LogP contribution in [0.5, 0.6) is 5.88 Å². The van der Waals surface area contributed by atoms with E-state index in [-0.39, 0.29) is 54.5 Å². The molecule has 3 aromatic carbocycles. The molecule has 3 heterocycles. The van der Waals surface area contributed by atoms with Crippen LogP contribution in [0.3, 0.4) is 0 Å². The Bertz CT molecular complexity index is 1860. The van der Waals surface area contributed by atoms with Gasteiger partial charge in [-0.15, -0.1) is 0 Å². The SMILES string of the molecule is Cc1ccc(COc2cccc(-c3cc(F)c(Cc4nc5ccc(C(=O)O)cc5n4[C@H]4COC[C@H]4O)cc3F)n2)c(F)c1. The van der Waals surface area contributed by atoms with Crippen LogP contribution >= 0.6 is 0 Å². The van der Waals surface area contributed by atoms with Crippen LogP contribution in [0.1, 0.15) is 38.9 Å². The summed E-state index contributed by atoms with van der Waals surface area (Å²) in [5, 5.41) is 20.0. The molecular weight excluding hydrogens is 563 g/mol. The molecular formula is C32H26F3N3O5. The average molecular weight is 590 g/mol. The third kappa shape index (κ3) is 5.69. The van der Waals surface area contributed by atoms with Crippen LogP contribution in [0.25, 0.3) is 22.3 Å². The standard InChI is InChI=1S/C32H26F3N3O5/c1-17-5-6-19(22(33)9-17)14-43-31-4-2-3-25(37-31)21-13-23(34)20(10-24(21)35)12-30-36-26-8-7-18(32(40)41)11-27(26)38(30)28-15-42-16-29(28)39/h2-11,13,28-29,39H,12,14-16H2,1H3,(H,40,41)/t28-,29+/m0/s1. The predicted octanol–water partition coefficient (Wildman–Crippen LogP) is 5.62. The Morgan fingerprint density at radius 1 is 0.977 bits per heavy atom. The topological polar surface area (TPSA) is 107 Å². The number of imidazole rings is 1. The second-order valence-electron chi connectivity index (χ2n) is 10.4. The van der Waals surface area contributed by atoms with Crippen molar-refractivity contribution in [1.29, 1.82) is 0 Å². The van der Waals surface area contributed by atoms with Gasteiger partial charge in [0.05, 0.1) is 41.5 Å². The summed E-state index contributed by atoms with van der Waals surface area (Å²) in [5.74, 6) is -2.55. The third-order valence-electron chi connectivity index (χ3n) is 7.43. The number of hydrogen-bond donors (Lipinski definition) is 2. The molecule has 0 bridgehead atoms. The van der Waals surface area contributed by atoms with Gasteiger partial charge in [0.2, 0.25) is 5.88 Å². The van der Waals surface area contributed by atoms with Crippen molar-refractivity contribution < 1.29 is 37.7 Å². The van der Waals surface area contributed by atoms with Gasteiger partial charge >= 0.3 is 5.97 Å². The molecule has 0 spiro atoms. The minimum atomic E-state index is -1.13. The monoisotopic (exact) mass is 589 g/mol. The number of ether oxygens (including phenoxy) is 2. The molecule has 0 amide bonds. The van der Waals surface area contributed by atoms with E-state index in [4.69, 9.17) is 9.47 Å². The predicted molar refractivity (Wildman–Crippen MR) is 150 cm³/mol. The van der Waals surface area contributed by atoms with Crippen molar-refractivity contribution in [2.24, 2.45) is 0 Å². The number of carboxylic acid groups (broad SMARTS) is 1. The first-order valence-corrected chi connectivity index (χ1v) is 13.5. The lowest BCUT2D eigenvalue weighted by atomic mass is 10.0. The van der Waals surface area contributed by atoms with Crippen LogP contribution in [0.4, 0.5) is 13.2 Å². The van der Waals surface area contributed by atoms with Gasteiger partial charge in [-0.25, -0.2) is 27.9 Å². The zero-order valence-electron chi connectivity index (χ0n) is 22.9. The number of aromatic nitrogens is 3. The molecule has 1 aliphatic rings. The maximum Gasteiger partial charge on any atom is 0.335 e. The third-order valence-corrected chi connectivity index (χ3v) is 7.43. The lowest BCUT2D eigenvalue weighted by Crippen LogP contribution is -2.24. The first-order chi connectivity index (χ1) is 20.7. The van der Waals surface area contributed by atoms with E-state index in [1.54, 1.807) is 35.8 Å². The van der Waals surface area contributed by atoms with Crippen molar-refractivity contribution in [2.75, 3.05) is 13.2 Å². The molecule has 11 heteroatoms. The number of aryl methyl sites for hydroxylation is 1. The first-order valence-electron chi connectivity index (χ1n) is 13.5. The minimum absolute atomic E-state index is 0.00641. The Morgan fingerprint density at radius 2 is 1.79 bits per heavy atom. The zero-order valence-corrected chi connectivity index (χ0v) is 22.9. The van der Waals surface area contributed by atoms with E-state index in [0.29, 0.717) is 22.4 Å². The van der Waals surface area contributed by atoms with Crippen molar-refractivity contribution in [3.8, 4) is 17.1 Å². The number of nitrogens with zero attached hydrogens (tertiary/aromatic N) is 3. The molecule has 1 fully saturated rings. The van der Waals surface area contributed by atoms with Gasteiger partial charge in [0.15, 0.2) is 0 Å². The summed E-state index contributed by atoms with van der Waals surface area (Å²) in [6.07, 6.45) is -1.03. The largest absolute Gasteiger partial charge is 0.478 e. The van der Waals surface area contributed by atoms with E-state index in [0.717, 1.165) is 17.7 Å². The number of carbonyl (C=O) groups is 1. The van der Waals surface area contributed by atoms with Crippen LogP contribution in [0.15, 0.2) is 66.7 Å². The molecule has 2 N–H and O–H groups in total. The lowest BCUT2D eigenvalue weighted by Gasteiger charge is -2.19. The first kappa shape index (κ1) is 28.4. The summed E-state index contributed by atoms with van der Waals surface area (Å²) in [6.45, 7) is 1.91. The van der Waals surface area contributed by atoms with Gasteiger partial charge < -0.3 is 24.3 Å². The maximum atomic E-state index is 15.5. The maximum absolute atomic E-state index is 15.5. The molecule has 8 nitrogen and oxygen atoms in total. The molecule has 2 atom stereocenters. The Kier molecular flexibility index (Phi) is 7.59. The van der Waals surface area contributed by atoms with E-state index in [1.807, 2.05) is 0 Å². The number of pyridine rings is 1. The number of halogens is 3. The van der Waals surface area contributed by atoms with Crippen molar-refractivity contribution in [3.63, 3.8) is 0 Å². The molecule has 220 valence electrons. The quantitative estimate of drug-likeness (QED) is 0.242. The van der Waals surface area contributed by atoms with Gasteiger partial charge in [-0.1, -0.05) is 18.2 Å². The molecule has 0 unspecified atom stereocenters. The molecule has 6 rings (SSSR count). The highest BCUT2D eigenvalue weighted by Gasteiger charge is 2.32. The van der Waals surface area contributed by atoms with Crippen molar-refractivity contribution >= 4 is 17.0 Å². The van der Waals surface area contributed by atoms with Gasteiger partial charge in [-0.2, -0.15) is 0 Å². The smallest absolute Gasteiger partial charge is 0.335 e. The number of aliphatic hydroxyl groups excluding tert-OH is 1. The molecule has 0 radical (unpaired) electrons. The van der Waals surface area contributed by atoms with E-state index >= 15 is 8.78 Å². The van der Waals surface area contributed by atoms with Crippen molar-refractivity contribution in [1.82, 2.24) is 14.5 Å². The number of aromatic carboxylic acids is 1. The van der Waals surface area contributed by atoms with Crippen LogP contribution in [-0.4, -0.2) is 50.0 Å². The Morgan fingerprint density at radius 3 is 2.53 bits per heavy atom. The zero-order chi connectivity index (χ0) is 30.2. The molecule has 1 saturated heterocycles. The summed E-state index contributed by atoms with van der Waals surface area (Å²) >= 11 is 0. The molecule has 0 aliphatic carbocycles. The Balaban J connectivity index is 1.30. The van der Waals surface area contributed by atoms with Crippen LogP contribution in [0, 0.1) is 24.4 Å². The molecule has 1 aliphatic heterocycles. The fourth-order valence-electron chi connectivity index (χ4n) is 5.21. The number of carboxylic acids is 1. The van der Waals surface area contributed by atoms with Crippen molar-refractivity contribution in [3.05, 3.63) is 112 Å². The number of benzene rings is 3. The van der Waals surface area contributed by atoms with E-state index in [9.17, 15) is 19.4 Å². The number of aliphatic hydroxyl groups is 1. The molecule has 43 heavy (non-hydrogen) atoms. The van der Waals surface area contributed by atoms with Crippen molar-refractivity contribution in [2.45, 2.75) is 32.1 Å². The molecule has 5 aromatic rings. The number of fused-ring (bicyclic) bond motifs is 1. The molecule has 0 saturated carbocycles. The van der Waals surface area contributed by atoms with Gasteiger partial charge in [0, 0.05) is 23.6 Å². The average Bonchev–Trinajstić information content (AvgIpc) is 3.55. The summed E-state index contributed by atoms with van der Waals surface area (Å²) in [4.78, 5) is 20.4. The van der Waals surface area contributed by atoms with E-state index < -0.39 is 35.6 Å². The lowest BCUT2D eigenvalue weighted by molar-refractivity contribution is 0.0697. The normalized spacial score (nSPS) is 16.6. The van der Waals surface area contributed by atoms with Gasteiger partial charge in [0.1, 0.15) is 36.0 Å².